The summed E-state index contributed by atoms with van der Waals surface area (Å²) in [5, 5.41) is 14.3. The van der Waals surface area contributed by atoms with Crippen LogP contribution in [0.1, 0.15) is 23.2 Å². The number of anilines is 3. The third kappa shape index (κ3) is 5.55. The van der Waals surface area contributed by atoms with Crippen LogP contribution in [0, 0.1) is 10.1 Å². The van der Waals surface area contributed by atoms with Crippen LogP contribution in [-0.2, 0) is 0 Å². The Balaban J connectivity index is 1.55. The van der Waals surface area contributed by atoms with Crippen LogP contribution in [0.4, 0.5) is 31.5 Å². The lowest BCUT2D eigenvalue weighted by Gasteiger charge is -2.45. The predicted molar refractivity (Wildman–Crippen MR) is 133 cm³/mol. The molecule has 1 N–H and O–H groups in total. The maximum atomic E-state index is 13.5. The highest BCUT2D eigenvalue weighted by atomic mass is 28.3. The molecule has 0 saturated carbocycles. The van der Waals surface area contributed by atoms with Gasteiger partial charge in [-0.25, -0.2) is 8.78 Å². The number of non-ortho nitro benzene ring substituents is 1. The zero-order valence-electron chi connectivity index (χ0n) is 19.5. The third-order valence-corrected chi connectivity index (χ3v) is 10.0. The molecular formula is C24H30F2N4O3Si-. The average Bonchev–Trinajstić information content (AvgIpc) is 2.79. The van der Waals surface area contributed by atoms with Crippen LogP contribution in [0.3, 0.4) is 0 Å². The molecule has 0 aliphatic carbocycles. The Labute approximate surface area is 198 Å². The average molecular weight is 489 g/mol. The number of halogens is 2. The minimum atomic E-state index is -2.62. The molecule has 0 unspecified atom stereocenters. The number of piperidine rings is 1. The van der Waals surface area contributed by atoms with Gasteiger partial charge in [0.2, 0.25) is 0 Å². The van der Waals surface area contributed by atoms with Gasteiger partial charge >= 0.3 is 0 Å². The number of hydrogen-bond acceptors (Lipinski definition) is 5. The number of nitro groups is 1. The van der Waals surface area contributed by atoms with Crippen molar-refractivity contribution >= 4 is 36.7 Å². The van der Waals surface area contributed by atoms with E-state index >= 15 is 0 Å². The van der Waals surface area contributed by atoms with Crippen molar-refractivity contribution in [3.8, 4) is 0 Å². The molecule has 0 radical (unpaired) electrons. The Bertz CT molecular complexity index is 1080. The van der Waals surface area contributed by atoms with E-state index in [0.29, 0.717) is 16.9 Å². The second-order valence-corrected chi connectivity index (χ2v) is 15.3. The van der Waals surface area contributed by atoms with Gasteiger partial charge < -0.3 is 15.1 Å². The van der Waals surface area contributed by atoms with Crippen LogP contribution < -0.4 is 15.1 Å². The van der Waals surface area contributed by atoms with Crippen LogP contribution in [0.15, 0.2) is 42.5 Å². The van der Waals surface area contributed by atoms with Gasteiger partial charge in [0.05, 0.1) is 16.2 Å². The van der Waals surface area contributed by atoms with Crippen LogP contribution in [0.5, 0.6) is 0 Å². The Morgan fingerprint density at radius 1 is 1.03 bits per heavy atom. The van der Waals surface area contributed by atoms with Crippen LogP contribution in [0.25, 0.3) is 0 Å². The van der Waals surface area contributed by atoms with E-state index in [-0.39, 0.29) is 37.5 Å². The molecule has 183 valence electrons. The summed E-state index contributed by atoms with van der Waals surface area (Å²) in [5.41, 5.74) is 2.25. The first-order valence-electron chi connectivity index (χ1n) is 11.6. The number of nitrogens with zero attached hydrogens (tertiary/aromatic N) is 3. The van der Waals surface area contributed by atoms with Gasteiger partial charge in [0.15, 0.2) is 0 Å². The van der Waals surface area contributed by atoms with Crippen molar-refractivity contribution in [3.05, 3.63) is 58.1 Å². The van der Waals surface area contributed by atoms with Gasteiger partial charge in [-0.05, 0) is 37.4 Å². The van der Waals surface area contributed by atoms with Crippen LogP contribution in [-0.4, -0.2) is 51.0 Å². The summed E-state index contributed by atoms with van der Waals surface area (Å²) in [6.07, 6.45) is -0.378. The Morgan fingerprint density at radius 3 is 2.35 bits per heavy atom. The molecule has 0 atom stereocenters. The van der Waals surface area contributed by atoms with E-state index in [0.717, 1.165) is 30.9 Å². The summed E-state index contributed by atoms with van der Waals surface area (Å²) in [6, 6.07) is 13.6. The molecule has 1 amide bonds. The lowest BCUT2D eigenvalue weighted by atomic mass is 10.1. The molecule has 2 aromatic rings. The maximum Gasteiger partial charge on any atom is 0.271 e. The van der Waals surface area contributed by atoms with Crippen LogP contribution in [0.2, 0.25) is 25.2 Å². The summed E-state index contributed by atoms with van der Waals surface area (Å²) < 4.78 is 27.0. The molecule has 2 aliphatic heterocycles. The SMILES string of the molecule is C[Si-]1(C)CCN(c2cc([N+](=O)[O-])ccc2C(=O)Nc2cccc(N3CCC(F)(F)CC3)c2)CC1. The quantitative estimate of drug-likeness (QED) is 0.336. The standard InChI is InChI=1S/C24H30F2N4O3Si/c1-34(2)14-12-29(13-15-34)22-17-20(30(32)33)6-7-21(22)23(31)27-18-4-3-5-19(16-18)28-10-8-24(25,26)9-11-28/h3-7,16-17H,8-15H2,1-2H3,(H,27,31)/q-1. The second kappa shape index (κ2) is 9.32. The molecule has 2 aliphatic rings. The fourth-order valence-corrected chi connectivity index (χ4v) is 6.51. The number of amides is 1. The molecule has 0 aromatic heterocycles. The van der Waals surface area contributed by atoms with E-state index in [1.807, 2.05) is 11.0 Å². The second-order valence-electron chi connectivity index (χ2n) is 9.96. The third-order valence-electron chi connectivity index (χ3n) is 6.86. The van der Waals surface area contributed by atoms with E-state index in [2.05, 4.69) is 23.3 Å². The van der Waals surface area contributed by atoms with Crippen molar-refractivity contribution in [2.24, 2.45) is 0 Å². The van der Waals surface area contributed by atoms with Crippen molar-refractivity contribution in [3.63, 3.8) is 0 Å². The monoisotopic (exact) mass is 488 g/mol. The normalized spacial score (nSPS) is 19.5. The number of carbonyl (C=O) groups excluding carboxylic acids is 1. The first kappa shape index (κ1) is 24.1. The smallest absolute Gasteiger partial charge is 0.271 e. The van der Waals surface area contributed by atoms with Gasteiger partial charge in [-0.1, -0.05) is 6.07 Å². The van der Waals surface area contributed by atoms with E-state index in [1.165, 1.54) is 18.2 Å². The first-order valence-corrected chi connectivity index (χ1v) is 15.0. The summed E-state index contributed by atoms with van der Waals surface area (Å²) >= 11 is 0. The Hall–Kier alpha value is -3.01. The number of benzene rings is 2. The minimum absolute atomic E-state index is 0.0440. The highest BCUT2D eigenvalue weighted by Gasteiger charge is 2.34. The van der Waals surface area contributed by atoms with Crippen molar-refractivity contribution < 1.29 is 18.5 Å². The molecule has 10 heteroatoms. The molecule has 2 fully saturated rings. The van der Waals surface area contributed by atoms with Crippen molar-refractivity contribution in [1.29, 1.82) is 0 Å². The molecule has 0 spiro atoms. The maximum absolute atomic E-state index is 13.5. The Kier molecular flexibility index (Phi) is 6.61. The predicted octanol–water partition coefficient (Wildman–Crippen LogP) is 5.61. The van der Waals surface area contributed by atoms with Gasteiger partial charge in [0.25, 0.3) is 17.5 Å². The van der Waals surface area contributed by atoms with Gasteiger partial charge in [0, 0.05) is 49.4 Å². The molecular weight excluding hydrogens is 458 g/mol. The highest BCUT2D eigenvalue weighted by molar-refractivity contribution is 6.77. The number of hydrogen-bond donors (Lipinski definition) is 1. The molecule has 4 rings (SSSR count). The fourth-order valence-electron chi connectivity index (χ4n) is 4.51. The molecule has 2 saturated heterocycles. The number of nitrogens with one attached hydrogen (secondary N) is 1. The summed E-state index contributed by atoms with van der Waals surface area (Å²) in [5.74, 6) is -2.98. The Morgan fingerprint density at radius 2 is 1.71 bits per heavy atom. The zero-order valence-corrected chi connectivity index (χ0v) is 20.5. The van der Waals surface area contributed by atoms with Crippen LogP contribution >= 0.6 is 0 Å². The topological polar surface area (TPSA) is 78.7 Å². The lowest BCUT2D eigenvalue weighted by molar-refractivity contribution is -0.384. The number of rotatable bonds is 5. The van der Waals surface area contributed by atoms with E-state index < -0.39 is 18.9 Å². The molecule has 34 heavy (non-hydrogen) atoms. The molecule has 2 aromatic carbocycles. The fraction of sp³-hybridized carbons (Fsp3) is 0.458. The van der Waals surface area contributed by atoms with Gasteiger partial charge in [-0.3, -0.25) is 14.9 Å². The van der Waals surface area contributed by atoms with Crippen molar-refractivity contribution in [2.75, 3.05) is 41.3 Å². The van der Waals surface area contributed by atoms with Gasteiger partial charge in [-0.15, -0.1) is 20.2 Å². The number of nitro benzene ring substituents is 1. The molecule has 7 nitrogen and oxygen atoms in total. The minimum Gasteiger partial charge on any atom is -0.376 e. The van der Waals surface area contributed by atoms with Gasteiger partial charge in [0.1, 0.15) is 0 Å². The zero-order chi connectivity index (χ0) is 24.5. The van der Waals surface area contributed by atoms with Crippen molar-refractivity contribution in [2.45, 2.75) is 43.9 Å². The highest BCUT2D eigenvalue weighted by Crippen LogP contribution is 2.33. The lowest BCUT2D eigenvalue weighted by Crippen LogP contribution is -2.43. The van der Waals surface area contributed by atoms with E-state index in [9.17, 15) is 23.7 Å². The summed E-state index contributed by atoms with van der Waals surface area (Å²) in [4.78, 5) is 28.1. The first-order chi connectivity index (χ1) is 16.0. The van der Waals surface area contributed by atoms with Crippen molar-refractivity contribution in [1.82, 2.24) is 0 Å². The summed E-state index contributed by atoms with van der Waals surface area (Å²) in [7, 11) is -1.27. The van der Waals surface area contributed by atoms with E-state index in [1.54, 1.807) is 18.2 Å². The van der Waals surface area contributed by atoms with E-state index in [4.69, 9.17) is 0 Å². The van der Waals surface area contributed by atoms with Gasteiger partial charge in [-0.2, -0.15) is 13.1 Å². The number of alkyl halides is 2. The molecule has 2 heterocycles. The largest absolute Gasteiger partial charge is 0.376 e. The number of carbonyl (C=O) groups is 1. The molecule has 0 bridgehead atoms. The summed E-state index contributed by atoms with van der Waals surface area (Å²) in [6.45, 7) is 6.73.